The summed E-state index contributed by atoms with van der Waals surface area (Å²) in [4.78, 5) is 32.7. The standard InChI is InChI=1S/C23H17N5O2/c1-14-7-8-15-11-12-24-21(18(15)13-14)27(2)19-9-10-20(26-25-19)28-22(29)16-5-3-4-6-17(16)23(28)30/h3-13H,1-2H3. The Morgan fingerprint density at radius 1 is 0.867 bits per heavy atom. The third-order valence-electron chi connectivity index (χ3n) is 5.22. The zero-order chi connectivity index (χ0) is 20.8. The van der Waals surface area contributed by atoms with E-state index in [2.05, 4.69) is 33.4 Å². The smallest absolute Gasteiger partial charge is 0.267 e. The fraction of sp³-hybridized carbons (Fsp3) is 0.0870. The van der Waals surface area contributed by atoms with E-state index in [0.717, 1.165) is 27.1 Å². The Balaban J connectivity index is 1.49. The molecular formula is C23H17N5O2. The van der Waals surface area contributed by atoms with E-state index in [9.17, 15) is 9.59 Å². The monoisotopic (exact) mass is 395 g/mol. The topological polar surface area (TPSA) is 79.3 Å². The van der Waals surface area contributed by atoms with E-state index in [1.54, 1.807) is 42.6 Å². The number of amides is 2. The molecule has 0 atom stereocenters. The number of hydrogen-bond acceptors (Lipinski definition) is 6. The quantitative estimate of drug-likeness (QED) is 0.490. The van der Waals surface area contributed by atoms with Gasteiger partial charge in [0.1, 0.15) is 5.82 Å². The number of fused-ring (bicyclic) bond motifs is 2. The SMILES string of the molecule is Cc1ccc2ccnc(N(C)c3ccc(N4C(=O)c5ccccc5C4=O)nn3)c2c1. The molecule has 0 saturated heterocycles. The molecule has 0 saturated carbocycles. The van der Waals surface area contributed by atoms with Gasteiger partial charge >= 0.3 is 0 Å². The summed E-state index contributed by atoms with van der Waals surface area (Å²) in [6.45, 7) is 2.03. The molecule has 3 heterocycles. The van der Waals surface area contributed by atoms with Gasteiger partial charge in [-0.3, -0.25) is 9.59 Å². The van der Waals surface area contributed by atoms with Crippen LogP contribution < -0.4 is 9.80 Å². The molecule has 30 heavy (non-hydrogen) atoms. The Kier molecular flexibility index (Phi) is 4.03. The lowest BCUT2D eigenvalue weighted by Crippen LogP contribution is -2.30. The molecule has 0 radical (unpaired) electrons. The van der Waals surface area contributed by atoms with Crippen LogP contribution in [0.2, 0.25) is 0 Å². The zero-order valence-electron chi connectivity index (χ0n) is 16.4. The third-order valence-corrected chi connectivity index (χ3v) is 5.22. The molecular weight excluding hydrogens is 378 g/mol. The molecule has 2 aromatic heterocycles. The molecule has 146 valence electrons. The summed E-state index contributed by atoms with van der Waals surface area (Å²) >= 11 is 0. The second-order valence-electron chi connectivity index (χ2n) is 7.16. The van der Waals surface area contributed by atoms with Crippen molar-refractivity contribution in [3.8, 4) is 0 Å². The molecule has 0 bridgehead atoms. The first-order chi connectivity index (χ1) is 14.5. The number of aryl methyl sites for hydroxylation is 1. The van der Waals surface area contributed by atoms with Gasteiger partial charge in [0, 0.05) is 18.6 Å². The van der Waals surface area contributed by atoms with Crippen LogP contribution in [0.1, 0.15) is 26.3 Å². The second kappa shape index (κ2) is 6.73. The number of pyridine rings is 1. The third kappa shape index (κ3) is 2.71. The normalized spacial score (nSPS) is 13.1. The van der Waals surface area contributed by atoms with E-state index in [4.69, 9.17) is 0 Å². The lowest BCUT2D eigenvalue weighted by molar-refractivity contribution is 0.0924. The molecule has 0 unspecified atom stereocenters. The predicted octanol–water partition coefficient (Wildman–Crippen LogP) is 3.90. The number of rotatable bonds is 3. The van der Waals surface area contributed by atoms with E-state index >= 15 is 0 Å². The number of hydrogen-bond donors (Lipinski definition) is 0. The summed E-state index contributed by atoms with van der Waals surface area (Å²) in [5.41, 5.74) is 1.89. The maximum absolute atomic E-state index is 12.6. The molecule has 4 aromatic rings. The average Bonchev–Trinajstić information content (AvgIpc) is 3.03. The molecule has 0 aliphatic carbocycles. The molecule has 1 aliphatic rings. The van der Waals surface area contributed by atoms with E-state index in [1.807, 2.05) is 24.9 Å². The zero-order valence-corrected chi connectivity index (χ0v) is 16.4. The molecule has 2 aromatic carbocycles. The lowest BCUT2D eigenvalue weighted by atomic mass is 10.1. The highest BCUT2D eigenvalue weighted by molar-refractivity contribution is 6.34. The van der Waals surface area contributed by atoms with Gasteiger partial charge in [-0.15, -0.1) is 10.2 Å². The van der Waals surface area contributed by atoms with Crippen LogP contribution in [-0.4, -0.2) is 34.0 Å². The van der Waals surface area contributed by atoms with Gasteiger partial charge in [-0.25, -0.2) is 9.88 Å². The maximum Gasteiger partial charge on any atom is 0.267 e. The molecule has 1 aliphatic heterocycles. The van der Waals surface area contributed by atoms with E-state index in [0.29, 0.717) is 16.9 Å². The van der Waals surface area contributed by atoms with Crippen LogP contribution in [0.5, 0.6) is 0 Å². The van der Waals surface area contributed by atoms with Gasteiger partial charge in [-0.05, 0) is 48.7 Å². The van der Waals surface area contributed by atoms with Crippen LogP contribution in [0.4, 0.5) is 17.5 Å². The Labute approximate surface area is 172 Å². The number of aromatic nitrogens is 3. The average molecular weight is 395 g/mol. The summed E-state index contributed by atoms with van der Waals surface area (Å²) in [7, 11) is 1.86. The number of carbonyl (C=O) groups is 2. The van der Waals surface area contributed by atoms with Crippen molar-refractivity contribution in [1.29, 1.82) is 0 Å². The van der Waals surface area contributed by atoms with Crippen LogP contribution in [0.15, 0.2) is 66.9 Å². The highest BCUT2D eigenvalue weighted by Crippen LogP contribution is 2.30. The number of imide groups is 1. The van der Waals surface area contributed by atoms with Crippen molar-refractivity contribution in [2.45, 2.75) is 6.92 Å². The van der Waals surface area contributed by atoms with Gasteiger partial charge in [0.25, 0.3) is 11.8 Å². The maximum atomic E-state index is 12.6. The van der Waals surface area contributed by atoms with Crippen molar-refractivity contribution in [2.24, 2.45) is 0 Å². The molecule has 5 rings (SSSR count). The predicted molar refractivity (Wildman–Crippen MR) is 114 cm³/mol. The van der Waals surface area contributed by atoms with Gasteiger partial charge in [-0.2, -0.15) is 0 Å². The number of benzene rings is 2. The number of anilines is 3. The Morgan fingerprint density at radius 3 is 2.27 bits per heavy atom. The van der Waals surface area contributed by atoms with Crippen LogP contribution >= 0.6 is 0 Å². The highest BCUT2D eigenvalue weighted by Gasteiger charge is 2.37. The van der Waals surface area contributed by atoms with E-state index < -0.39 is 11.8 Å². The number of carbonyl (C=O) groups excluding carboxylic acids is 2. The summed E-state index contributed by atoms with van der Waals surface area (Å²) in [5.74, 6) is 0.713. The minimum absolute atomic E-state index is 0.195. The summed E-state index contributed by atoms with van der Waals surface area (Å²) < 4.78 is 0. The lowest BCUT2D eigenvalue weighted by Gasteiger charge is -2.19. The summed E-state index contributed by atoms with van der Waals surface area (Å²) in [6, 6.07) is 18.2. The molecule has 7 heteroatoms. The van der Waals surface area contributed by atoms with Gasteiger partial charge in [0.15, 0.2) is 11.6 Å². The Hall–Kier alpha value is -4.13. The second-order valence-corrected chi connectivity index (χ2v) is 7.16. The van der Waals surface area contributed by atoms with Crippen LogP contribution in [0.3, 0.4) is 0 Å². The molecule has 7 nitrogen and oxygen atoms in total. The number of nitrogens with zero attached hydrogens (tertiary/aromatic N) is 5. The first kappa shape index (κ1) is 17.9. The van der Waals surface area contributed by atoms with Crippen LogP contribution in [-0.2, 0) is 0 Å². The van der Waals surface area contributed by atoms with Gasteiger partial charge in [0.2, 0.25) is 0 Å². The Morgan fingerprint density at radius 2 is 1.60 bits per heavy atom. The minimum atomic E-state index is -0.391. The van der Waals surface area contributed by atoms with Crippen molar-refractivity contribution < 1.29 is 9.59 Å². The highest BCUT2D eigenvalue weighted by atomic mass is 16.2. The molecule has 0 fully saturated rings. The molecule has 0 N–H and O–H groups in total. The molecule has 2 amide bonds. The van der Waals surface area contributed by atoms with E-state index in [1.165, 1.54) is 0 Å². The van der Waals surface area contributed by atoms with Crippen molar-refractivity contribution >= 4 is 40.0 Å². The van der Waals surface area contributed by atoms with Crippen LogP contribution in [0, 0.1) is 6.92 Å². The van der Waals surface area contributed by atoms with Crippen molar-refractivity contribution in [3.63, 3.8) is 0 Å². The first-order valence-electron chi connectivity index (χ1n) is 9.45. The first-order valence-corrected chi connectivity index (χ1v) is 9.45. The van der Waals surface area contributed by atoms with Gasteiger partial charge in [0.05, 0.1) is 11.1 Å². The largest absolute Gasteiger partial charge is 0.312 e. The van der Waals surface area contributed by atoms with Gasteiger partial charge in [-0.1, -0.05) is 29.8 Å². The Bertz CT molecular complexity index is 1280. The van der Waals surface area contributed by atoms with E-state index in [-0.39, 0.29) is 5.82 Å². The fourth-order valence-electron chi connectivity index (χ4n) is 3.66. The van der Waals surface area contributed by atoms with Crippen molar-refractivity contribution in [1.82, 2.24) is 15.2 Å². The van der Waals surface area contributed by atoms with Gasteiger partial charge < -0.3 is 4.90 Å². The summed E-state index contributed by atoms with van der Waals surface area (Å²) in [6.07, 6.45) is 1.75. The van der Waals surface area contributed by atoms with Crippen molar-refractivity contribution in [2.75, 3.05) is 16.8 Å². The fourth-order valence-corrected chi connectivity index (χ4v) is 3.66. The van der Waals surface area contributed by atoms with Crippen molar-refractivity contribution in [3.05, 3.63) is 83.6 Å². The minimum Gasteiger partial charge on any atom is -0.312 e. The van der Waals surface area contributed by atoms with Crippen LogP contribution in [0.25, 0.3) is 10.8 Å². The summed E-state index contributed by atoms with van der Waals surface area (Å²) in [5, 5.41) is 10.5. The molecule has 0 spiro atoms.